The predicted molar refractivity (Wildman–Crippen MR) is 75.5 cm³/mol. The van der Waals surface area contributed by atoms with Crippen molar-refractivity contribution in [2.24, 2.45) is 5.41 Å². The van der Waals surface area contributed by atoms with E-state index in [4.69, 9.17) is 5.73 Å². The fourth-order valence-electron chi connectivity index (χ4n) is 2.69. The van der Waals surface area contributed by atoms with Crippen molar-refractivity contribution in [2.45, 2.75) is 51.7 Å². The second-order valence-corrected chi connectivity index (χ2v) is 6.39. The Bertz CT molecular complexity index is 470. The van der Waals surface area contributed by atoms with Gasteiger partial charge in [-0.25, -0.2) is 0 Å². The van der Waals surface area contributed by atoms with Crippen molar-refractivity contribution in [3.8, 4) is 0 Å². The predicted octanol–water partition coefficient (Wildman–Crippen LogP) is 4.67. The Morgan fingerprint density at radius 1 is 1.20 bits per heavy atom. The van der Waals surface area contributed by atoms with Crippen LogP contribution in [0.1, 0.15) is 45.1 Å². The van der Waals surface area contributed by atoms with Gasteiger partial charge in [-0.2, -0.15) is 13.2 Å². The van der Waals surface area contributed by atoms with E-state index in [9.17, 15) is 13.2 Å². The molecule has 1 fully saturated rings. The molecular weight excluding hydrogens is 265 g/mol. The van der Waals surface area contributed by atoms with Crippen LogP contribution in [0.5, 0.6) is 0 Å². The zero-order chi connectivity index (χ0) is 15.0. The molecular formula is C15H21F3N2. The third-order valence-electron chi connectivity index (χ3n) is 4.05. The van der Waals surface area contributed by atoms with Crippen LogP contribution in [0, 0.1) is 5.41 Å². The van der Waals surface area contributed by atoms with Crippen LogP contribution < -0.4 is 11.1 Å². The summed E-state index contributed by atoms with van der Waals surface area (Å²) in [6.07, 6.45) is -0.531. The van der Waals surface area contributed by atoms with Gasteiger partial charge in [-0.3, -0.25) is 0 Å². The molecule has 0 bridgehead atoms. The number of nitrogen functional groups attached to an aromatic ring is 1. The van der Waals surface area contributed by atoms with E-state index in [1.807, 2.05) is 0 Å². The number of halogens is 3. The van der Waals surface area contributed by atoms with Crippen molar-refractivity contribution in [1.29, 1.82) is 0 Å². The van der Waals surface area contributed by atoms with Crippen LogP contribution >= 0.6 is 0 Å². The summed E-state index contributed by atoms with van der Waals surface area (Å²) in [4.78, 5) is 0. The number of hydrogen-bond donors (Lipinski definition) is 2. The van der Waals surface area contributed by atoms with Gasteiger partial charge in [0.15, 0.2) is 0 Å². The first-order valence-electron chi connectivity index (χ1n) is 6.91. The average Bonchev–Trinajstić information content (AvgIpc) is 2.33. The average molecular weight is 286 g/mol. The summed E-state index contributed by atoms with van der Waals surface area (Å²) in [6.45, 7) is 4.40. The van der Waals surface area contributed by atoms with Crippen molar-refractivity contribution >= 4 is 11.4 Å². The Morgan fingerprint density at radius 3 is 2.35 bits per heavy atom. The highest BCUT2D eigenvalue weighted by Crippen LogP contribution is 2.39. The SMILES string of the molecule is CC1(C)CCC(Nc2ccc(N)cc2C(F)(F)F)CC1. The molecule has 2 nitrogen and oxygen atoms in total. The van der Waals surface area contributed by atoms with E-state index < -0.39 is 11.7 Å². The fourth-order valence-corrected chi connectivity index (χ4v) is 2.69. The normalized spacial score (nSPS) is 19.9. The van der Waals surface area contributed by atoms with Gasteiger partial charge in [0.2, 0.25) is 0 Å². The zero-order valence-corrected chi connectivity index (χ0v) is 11.8. The summed E-state index contributed by atoms with van der Waals surface area (Å²) in [7, 11) is 0. The number of nitrogens with one attached hydrogen (secondary N) is 1. The minimum absolute atomic E-state index is 0.104. The van der Waals surface area contributed by atoms with Gasteiger partial charge < -0.3 is 11.1 Å². The molecule has 0 amide bonds. The maximum Gasteiger partial charge on any atom is 0.418 e. The van der Waals surface area contributed by atoms with Crippen LogP contribution in [0.15, 0.2) is 18.2 Å². The van der Waals surface area contributed by atoms with Crippen LogP contribution in [0.4, 0.5) is 24.5 Å². The van der Waals surface area contributed by atoms with E-state index in [1.54, 1.807) is 0 Å². The lowest BCUT2D eigenvalue weighted by Crippen LogP contribution is -2.30. The molecule has 0 aliphatic heterocycles. The molecule has 1 aromatic carbocycles. The highest BCUT2D eigenvalue weighted by molar-refractivity contribution is 5.59. The lowest BCUT2D eigenvalue weighted by molar-refractivity contribution is -0.136. The van der Waals surface area contributed by atoms with Crippen molar-refractivity contribution < 1.29 is 13.2 Å². The highest BCUT2D eigenvalue weighted by atomic mass is 19.4. The lowest BCUT2D eigenvalue weighted by atomic mass is 9.75. The third-order valence-corrected chi connectivity index (χ3v) is 4.05. The summed E-state index contributed by atoms with van der Waals surface area (Å²) in [6, 6.07) is 4.03. The Hall–Kier alpha value is -1.39. The maximum atomic E-state index is 13.0. The molecule has 1 aromatic rings. The van der Waals surface area contributed by atoms with Crippen LogP contribution in [0.2, 0.25) is 0 Å². The summed E-state index contributed by atoms with van der Waals surface area (Å²) < 4.78 is 39.0. The van der Waals surface area contributed by atoms with Crippen LogP contribution in [0.25, 0.3) is 0 Å². The highest BCUT2D eigenvalue weighted by Gasteiger charge is 2.35. The number of hydrogen-bond acceptors (Lipinski definition) is 2. The summed E-state index contributed by atoms with van der Waals surface area (Å²) in [5.41, 5.74) is 5.35. The van der Waals surface area contributed by atoms with Gasteiger partial charge in [0.05, 0.1) is 5.56 Å². The monoisotopic (exact) mass is 286 g/mol. The molecule has 0 saturated heterocycles. The van der Waals surface area contributed by atoms with Crippen molar-refractivity contribution in [1.82, 2.24) is 0 Å². The molecule has 1 saturated carbocycles. The molecule has 0 atom stereocenters. The second-order valence-electron chi connectivity index (χ2n) is 6.39. The van der Waals surface area contributed by atoms with E-state index in [1.165, 1.54) is 12.1 Å². The molecule has 0 radical (unpaired) electrons. The van der Waals surface area contributed by atoms with Gasteiger partial charge in [0.1, 0.15) is 0 Å². The summed E-state index contributed by atoms with van der Waals surface area (Å²) in [5, 5.41) is 3.05. The second kappa shape index (κ2) is 5.19. The largest absolute Gasteiger partial charge is 0.418 e. The first-order chi connectivity index (χ1) is 9.17. The van der Waals surface area contributed by atoms with E-state index in [0.717, 1.165) is 31.7 Å². The van der Waals surface area contributed by atoms with Gasteiger partial charge in [0, 0.05) is 17.4 Å². The van der Waals surface area contributed by atoms with Gasteiger partial charge >= 0.3 is 6.18 Å². The summed E-state index contributed by atoms with van der Waals surface area (Å²) in [5.74, 6) is 0. The van der Waals surface area contributed by atoms with Gasteiger partial charge in [-0.1, -0.05) is 13.8 Å². The number of anilines is 2. The Kier molecular flexibility index (Phi) is 3.89. The smallest absolute Gasteiger partial charge is 0.399 e. The van der Waals surface area contributed by atoms with Crippen molar-refractivity contribution in [3.05, 3.63) is 23.8 Å². The molecule has 0 unspecified atom stereocenters. The molecule has 5 heteroatoms. The standard InChI is InChI=1S/C15H21F3N2/c1-14(2)7-5-11(6-8-14)20-13-4-3-10(19)9-12(13)15(16,17)18/h3-4,9,11,20H,5-8,19H2,1-2H3. The lowest BCUT2D eigenvalue weighted by Gasteiger charge is -2.35. The van der Waals surface area contributed by atoms with Gasteiger partial charge in [-0.05, 0) is 49.3 Å². The van der Waals surface area contributed by atoms with Crippen LogP contribution in [0.3, 0.4) is 0 Å². The maximum absolute atomic E-state index is 13.0. The minimum Gasteiger partial charge on any atom is -0.399 e. The number of alkyl halides is 3. The molecule has 1 aliphatic rings. The molecule has 112 valence electrons. The van der Waals surface area contributed by atoms with E-state index in [2.05, 4.69) is 19.2 Å². The molecule has 3 N–H and O–H groups in total. The van der Waals surface area contributed by atoms with Crippen LogP contribution in [-0.2, 0) is 6.18 Å². The number of nitrogens with two attached hydrogens (primary N) is 1. The van der Waals surface area contributed by atoms with E-state index in [-0.39, 0.29) is 17.4 Å². The number of rotatable bonds is 2. The molecule has 0 heterocycles. The van der Waals surface area contributed by atoms with Crippen molar-refractivity contribution in [2.75, 3.05) is 11.1 Å². The fraction of sp³-hybridized carbons (Fsp3) is 0.600. The van der Waals surface area contributed by atoms with Crippen molar-refractivity contribution in [3.63, 3.8) is 0 Å². The quantitative estimate of drug-likeness (QED) is 0.775. The minimum atomic E-state index is -4.38. The van der Waals surface area contributed by atoms with E-state index in [0.29, 0.717) is 5.41 Å². The zero-order valence-electron chi connectivity index (χ0n) is 11.8. The molecule has 0 spiro atoms. The topological polar surface area (TPSA) is 38.0 Å². The molecule has 20 heavy (non-hydrogen) atoms. The van der Waals surface area contributed by atoms with Gasteiger partial charge in [0.25, 0.3) is 0 Å². The first kappa shape index (κ1) is 15.0. The van der Waals surface area contributed by atoms with Crippen LogP contribution in [-0.4, -0.2) is 6.04 Å². The van der Waals surface area contributed by atoms with E-state index >= 15 is 0 Å². The first-order valence-corrected chi connectivity index (χ1v) is 6.91. The Morgan fingerprint density at radius 2 is 1.80 bits per heavy atom. The third kappa shape index (κ3) is 3.58. The Balaban J connectivity index is 2.14. The molecule has 2 rings (SSSR count). The van der Waals surface area contributed by atoms with Gasteiger partial charge in [-0.15, -0.1) is 0 Å². The Labute approximate surface area is 117 Å². The number of benzene rings is 1. The molecule has 1 aliphatic carbocycles. The summed E-state index contributed by atoms with van der Waals surface area (Å²) >= 11 is 0. The molecule has 0 aromatic heterocycles.